The van der Waals surface area contributed by atoms with Crippen LogP contribution in [0.1, 0.15) is 50.8 Å². The predicted octanol–water partition coefficient (Wildman–Crippen LogP) is 3.25. The topological polar surface area (TPSA) is 56.0 Å². The van der Waals surface area contributed by atoms with E-state index in [0.717, 1.165) is 19.4 Å². The molecule has 1 aromatic rings. The molecule has 3 nitrogen and oxygen atoms in total. The SMILES string of the molecule is CC(C)CC(CCO)CNC(C)c1ccc(C#N)cc1. The third-order valence-electron chi connectivity index (χ3n) is 3.59. The van der Waals surface area contributed by atoms with Gasteiger partial charge in [-0.15, -0.1) is 0 Å². The second-order valence-electron chi connectivity index (χ2n) is 5.87. The number of nitrogens with one attached hydrogen (secondary N) is 1. The summed E-state index contributed by atoms with van der Waals surface area (Å²) in [6.45, 7) is 7.74. The number of hydrogen-bond acceptors (Lipinski definition) is 3. The summed E-state index contributed by atoms with van der Waals surface area (Å²) < 4.78 is 0. The highest BCUT2D eigenvalue weighted by Crippen LogP contribution is 2.17. The fourth-order valence-corrected chi connectivity index (χ4v) is 2.46. The van der Waals surface area contributed by atoms with E-state index in [2.05, 4.69) is 32.2 Å². The number of rotatable bonds is 8. The highest BCUT2D eigenvalue weighted by molar-refractivity contribution is 5.32. The number of nitriles is 1. The molecular formula is C17H26N2O. The molecule has 2 unspecified atom stereocenters. The van der Waals surface area contributed by atoms with Gasteiger partial charge in [-0.05, 0) is 55.8 Å². The molecule has 0 saturated carbocycles. The summed E-state index contributed by atoms with van der Waals surface area (Å²) in [5, 5.41) is 21.5. The van der Waals surface area contributed by atoms with Crippen molar-refractivity contribution in [3.05, 3.63) is 35.4 Å². The molecular weight excluding hydrogens is 248 g/mol. The zero-order chi connectivity index (χ0) is 15.0. The average molecular weight is 274 g/mol. The Morgan fingerprint density at radius 2 is 1.85 bits per heavy atom. The Labute approximate surface area is 122 Å². The number of aliphatic hydroxyl groups excluding tert-OH is 1. The van der Waals surface area contributed by atoms with Crippen LogP contribution < -0.4 is 5.32 Å². The smallest absolute Gasteiger partial charge is 0.0991 e. The van der Waals surface area contributed by atoms with Crippen molar-refractivity contribution in [1.82, 2.24) is 5.32 Å². The van der Waals surface area contributed by atoms with E-state index in [-0.39, 0.29) is 12.6 Å². The molecule has 1 aromatic carbocycles. The lowest BCUT2D eigenvalue weighted by molar-refractivity contribution is 0.237. The number of aliphatic hydroxyl groups is 1. The summed E-state index contributed by atoms with van der Waals surface area (Å²) in [7, 11) is 0. The van der Waals surface area contributed by atoms with E-state index in [9.17, 15) is 0 Å². The molecule has 3 heteroatoms. The van der Waals surface area contributed by atoms with Crippen molar-refractivity contribution in [3.63, 3.8) is 0 Å². The van der Waals surface area contributed by atoms with Crippen LogP contribution in [0.5, 0.6) is 0 Å². The Balaban J connectivity index is 2.51. The fraction of sp³-hybridized carbons (Fsp3) is 0.588. The summed E-state index contributed by atoms with van der Waals surface area (Å²) in [6.07, 6.45) is 1.99. The maximum Gasteiger partial charge on any atom is 0.0991 e. The van der Waals surface area contributed by atoms with E-state index in [0.29, 0.717) is 17.4 Å². The van der Waals surface area contributed by atoms with Crippen molar-refractivity contribution in [1.29, 1.82) is 5.26 Å². The van der Waals surface area contributed by atoms with Crippen LogP contribution in [0, 0.1) is 23.2 Å². The van der Waals surface area contributed by atoms with Crippen molar-refractivity contribution in [2.24, 2.45) is 11.8 Å². The number of benzene rings is 1. The van der Waals surface area contributed by atoms with E-state index < -0.39 is 0 Å². The zero-order valence-corrected chi connectivity index (χ0v) is 12.8. The molecule has 0 aliphatic carbocycles. The van der Waals surface area contributed by atoms with Crippen molar-refractivity contribution in [2.75, 3.05) is 13.2 Å². The minimum absolute atomic E-state index is 0.254. The molecule has 0 aliphatic heterocycles. The highest BCUT2D eigenvalue weighted by Gasteiger charge is 2.12. The standard InChI is InChI=1S/C17H26N2O/c1-13(2)10-16(8-9-20)12-19-14(3)17-6-4-15(11-18)5-7-17/h4-7,13-14,16,19-20H,8-10,12H2,1-3H3. The second kappa shape index (κ2) is 8.73. The summed E-state index contributed by atoms with van der Waals surface area (Å²) in [6, 6.07) is 10.1. The first-order valence-corrected chi connectivity index (χ1v) is 7.41. The van der Waals surface area contributed by atoms with Crippen LogP contribution in [0.15, 0.2) is 24.3 Å². The third kappa shape index (κ3) is 5.73. The lowest BCUT2D eigenvalue weighted by Crippen LogP contribution is -2.27. The molecule has 0 bridgehead atoms. The lowest BCUT2D eigenvalue weighted by atomic mass is 9.94. The minimum atomic E-state index is 0.254. The largest absolute Gasteiger partial charge is 0.396 e. The summed E-state index contributed by atoms with van der Waals surface area (Å²) in [5.74, 6) is 1.17. The van der Waals surface area contributed by atoms with Crippen LogP contribution in [0.2, 0.25) is 0 Å². The van der Waals surface area contributed by atoms with E-state index in [1.165, 1.54) is 5.56 Å². The van der Waals surface area contributed by atoms with Crippen LogP contribution in [0.3, 0.4) is 0 Å². The lowest BCUT2D eigenvalue weighted by Gasteiger charge is -2.22. The first-order chi connectivity index (χ1) is 9.56. The molecule has 2 atom stereocenters. The van der Waals surface area contributed by atoms with Crippen molar-refractivity contribution < 1.29 is 5.11 Å². The number of hydrogen-bond donors (Lipinski definition) is 2. The second-order valence-corrected chi connectivity index (χ2v) is 5.87. The molecule has 1 rings (SSSR count). The van der Waals surface area contributed by atoms with E-state index >= 15 is 0 Å². The Hall–Kier alpha value is -1.37. The Morgan fingerprint density at radius 1 is 1.20 bits per heavy atom. The van der Waals surface area contributed by atoms with E-state index in [4.69, 9.17) is 10.4 Å². The third-order valence-corrected chi connectivity index (χ3v) is 3.59. The van der Waals surface area contributed by atoms with E-state index in [1.54, 1.807) is 0 Å². The van der Waals surface area contributed by atoms with Crippen molar-refractivity contribution in [3.8, 4) is 6.07 Å². The van der Waals surface area contributed by atoms with Gasteiger partial charge in [0.15, 0.2) is 0 Å². The van der Waals surface area contributed by atoms with Gasteiger partial charge >= 0.3 is 0 Å². The average Bonchev–Trinajstić information content (AvgIpc) is 2.44. The summed E-state index contributed by atoms with van der Waals surface area (Å²) in [5.41, 5.74) is 1.88. The molecule has 0 radical (unpaired) electrons. The first kappa shape index (κ1) is 16.7. The molecule has 20 heavy (non-hydrogen) atoms. The van der Waals surface area contributed by atoms with Gasteiger partial charge in [-0.1, -0.05) is 26.0 Å². The molecule has 0 fully saturated rings. The van der Waals surface area contributed by atoms with Gasteiger partial charge in [-0.2, -0.15) is 5.26 Å². The van der Waals surface area contributed by atoms with Crippen LogP contribution in [0.25, 0.3) is 0 Å². The maximum atomic E-state index is 9.13. The van der Waals surface area contributed by atoms with Gasteiger partial charge in [0.1, 0.15) is 0 Å². The van der Waals surface area contributed by atoms with Crippen LogP contribution >= 0.6 is 0 Å². The van der Waals surface area contributed by atoms with Gasteiger partial charge in [0, 0.05) is 12.6 Å². The highest BCUT2D eigenvalue weighted by atomic mass is 16.3. The minimum Gasteiger partial charge on any atom is -0.396 e. The van der Waals surface area contributed by atoms with Crippen LogP contribution in [-0.2, 0) is 0 Å². The monoisotopic (exact) mass is 274 g/mol. The van der Waals surface area contributed by atoms with Gasteiger partial charge in [-0.3, -0.25) is 0 Å². The fourth-order valence-electron chi connectivity index (χ4n) is 2.46. The Kier molecular flexibility index (Phi) is 7.28. The zero-order valence-electron chi connectivity index (χ0n) is 12.8. The Bertz CT molecular complexity index is 420. The summed E-state index contributed by atoms with van der Waals surface area (Å²) in [4.78, 5) is 0. The van der Waals surface area contributed by atoms with Gasteiger partial charge in [0.2, 0.25) is 0 Å². The molecule has 110 valence electrons. The van der Waals surface area contributed by atoms with Crippen LogP contribution in [-0.4, -0.2) is 18.3 Å². The number of nitrogens with zero attached hydrogens (tertiary/aromatic N) is 1. The van der Waals surface area contributed by atoms with Gasteiger partial charge in [-0.25, -0.2) is 0 Å². The molecule has 0 aliphatic rings. The Morgan fingerprint density at radius 3 is 2.35 bits per heavy atom. The molecule has 0 amide bonds. The van der Waals surface area contributed by atoms with Gasteiger partial charge in [0.25, 0.3) is 0 Å². The first-order valence-electron chi connectivity index (χ1n) is 7.41. The molecule has 0 aromatic heterocycles. The van der Waals surface area contributed by atoms with Crippen molar-refractivity contribution in [2.45, 2.75) is 39.7 Å². The normalized spacial score (nSPS) is 14.0. The molecule has 2 N–H and O–H groups in total. The van der Waals surface area contributed by atoms with Crippen LogP contribution in [0.4, 0.5) is 0 Å². The summed E-state index contributed by atoms with van der Waals surface area (Å²) >= 11 is 0. The quantitative estimate of drug-likeness (QED) is 0.765. The van der Waals surface area contributed by atoms with E-state index in [1.807, 2.05) is 24.3 Å². The maximum absolute atomic E-state index is 9.13. The predicted molar refractivity (Wildman–Crippen MR) is 82.2 cm³/mol. The molecule has 0 saturated heterocycles. The molecule has 0 spiro atoms. The molecule has 0 heterocycles. The van der Waals surface area contributed by atoms with Gasteiger partial charge in [0.05, 0.1) is 11.6 Å². The van der Waals surface area contributed by atoms with Crippen molar-refractivity contribution >= 4 is 0 Å². The van der Waals surface area contributed by atoms with Gasteiger partial charge < -0.3 is 10.4 Å².